The highest BCUT2D eigenvalue weighted by Gasteiger charge is 2.08. The molecule has 0 aliphatic rings. The summed E-state index contributed by atoms with van der Waals surface area (Å²) in [5.41, 5.74) is 1.27. The molecule has 1 amide bonds. The quantitative estimate of drug-likeness (QED) is 0.701. The third-order valence-electron chi connectivity index (χ3n) is 3.33. The van der Waals surface area contributed by atoms with Gasteiger partial charge in [-0.25, -0.2) is 0 Å². The number of hydrogen-bond acceptors (Lipinski definition) is 3. The summed E-state index contributed by atoms with van der Waals surface area (Å²) in [5.74, 6) is 1.28. The SMILES string of the molecule is CCCCOc1cccc(NC(=O)c2cccc(OC(C)C)c2)c1. The summed E-state index contributed by atoms with van der Waals surface area (Å²) in [4.78, 5) is 12.4. The summed E-state index contributed by atoms with van der Waals surface area (Å²) < 4.78 is 11.3. The summed E-state index contributed by atoms with van der Waals surface area (Å²) >= 11 is 0. The Morgan fingerprint density at radius 3 is 2.58 bits per heavy atom. The average molecular weight is 327 g/mol. The fourth-order valence-electron chi connectivity index (χ4n) is 2.18. The first-order chi connectivity index (χ1) is 11.6. The molecule has 0 aromatic heterocycles. The first-order valence-electron chi connectivity index (χ1n) is 8.39. The van der Waals surface area contributed by atoms with E-state index in [1.807, 2.05) is 50.2 Å². The molecule has 1 N–H and O–H groups in total. The number of rotatable bonds is 8. The molecule has 0 spiro atoms. The molecule has 0 heterocycles. The molecule has 4 nitrogen and oxygen atoms in total. The van der Waals surface area contributed by atoms with E-state index in [0.29, 0.717) is 23.6 Å². The Morgan fingerprint density at radius 1 is 1.08 bits per heavy atom. The van der Waals surface area contributed by atoms with Crippen LogP contribution in [0.25, 0.3) is 0 Å². The highest BCUT2D eigenvalue weighted by atomic mass is 16.5. The van der Waals surface area contributed by atoms with E-state index in [2.05, 4.69) is 12.2 Å². The molecule has 0 aliphatic carbocycles. The molecule has 0 unspecified atom stereocenters. The Labute approximate surface area is 143 Å². The lowest BCUT2D eigenvalue weighted by Gasteiger charge is -2.12. The second kappa shape index (κ2) is 8.96. The van der Waals surface area contributed by atoms with Gasteiger partial charge >= 0.3 is 0 Å². The lowest BCUT2D eigenvalue weighted by Crippen LogP contribution is -2.13. The predicted molar refractivity (Wildman–Crippen MR) is 97.0 cm³/mol. The van der Waals surface area contributed by atoms with Gasteiger partial charge in [-0.15, -0.1) is 0 Å². The van der Waals surface area contributed by atoms with Crippen molar-refractivity contribution in [2.45, 2.75) is 39.7 Å². The minimum atomic E-state index is -0.171. The molecule has 0 saturated carbocycles. The fourth-order valence-corrected chi connectivity index (χ4v) is 2.18. The number of hydrogen-bond donors (Lipinski definition) is 1. The van der Waals surface area contributed by atoms with Gasteiger partial charge in [-0.3, -0.25) is 4.79 Å². The van der Waals surface area contributed by atoms with Crippen molar-refractivity contribution in [3.63, 3.8) is 0 Å². The minimum Gasteiger partial charge on any atom is -0.494 e. The smallest absolute Gasteiger partial charge is 0.255 e. The van der Waals surface area contributed by atoms with Crippen molar-refractivity contribution in [1.29, 1.82) is 0 Å². The number of nitrogens with one attached hydrogen (secondary N) is 1. The Bertz CT molecular complexity index is 667. The molecule has 0 radical (unpaired) electrons. The second-order valence-electron chi connectivity index (χ2n) is 5.88. The van der Waals surface area contributed by atoms with E-state index in [0.717, 1.165) is 18.6 Å². The van der Waals surface area contributed by atoms with Crippen LogP contribution in [0.2, 0.25) is 0 Å². The standard InChI is InChI=1S/C20H25NO3/c1-4-5-12-23-18-10-7-9-17(14-18)21-20(22)16-8-6-11-19(13-16)24-15(2)3/h6-11,13-15H,4-5,12H2,1-3H3,(H,21,22). The average Bonchev–Trinajstić information content (AvgIpc) is 2.55. The molecule has 4 heteroatoms. The molecule has 0 fully saturated rings. The Balaban J connectivity index is 2.02. The van der Waals surface area contributed by atoms with Crippen molar-refractivity contribution in [3.05, 3.63) is 54.1 Å². The molecular weight excluding hydrogens is 302 g/mol. The van der Waals surface area contributed by atoms with E-state index in [1.165, 1.54) is 0 Å². The predicted octanol–water partition coefficient (Wildman–Crippen LogP) is 4.91. The maximum Gasteiger partial charge on any atom is 0.255 e. The van der Waals surface area contributed by atoms with Gasteiger partial charge in [-0.05, 0) is 50.6 Å². The van der Waals surface area contributed by atoms with Crippen LogP contribution in [0.4, 0.5) is 5.69 Å². The topological polar surface area (TPSA) is 47.6 Å². The van der Waals surface area contributed by atoms with E-state index < -0.39 is 0 Å². The van der Waals surface area contributed by atoms with Crippen molar-refractivity contribution in [2.75, 3.05) is 11.9 Å². The molecule has 0 saturated heterocycles. The van der Waals surface area contributed by atoms with E-state index in [4.69, 9.17) is 9.47 Å². The van der Waals surface area contributed by atoms with Crippen LogP contribution in [0.15, 0.2) is 48.5 Å². The zero-order valence-corrected chi connectivity index (χ0v) is 14.5. The van der Waals surface area contributed by atoms with Crippen LogP contribution in [0.3, 0.4) is 0 Å². The summed E-state index contributed by atoms with van der Waals surface area (Å²) in [5, 5.41) is 2.90. The maximum atomic E-state index is 12.4. The van der Waals surface area contributed by atoms with Crippen LogP contribution < -0.4 is 14.8 Å². The summed E-state index contributed by atoms with van der Waals surface area (Å²) in [6.07, 6.45) is 2.17. The monoisotopic (exact) mass is 327 g/mol. The Hall–Kier alpha value is -2.49. The van der Waals surface area contributed by atoms with E-state index >= 15 is 0 Å². The molecule has 128 valence electrons. The van der Waals surface area contributed by atoms with Crippen LogP contribution in [0, 0.1) is 0 Å². The lowest BCUT2D eigenvalue weighted by molar-refractivity contribution is 0.102. The van der Waals surface area contributed by atoms with Gasteiger partial charge in [0.05, 0.1) is 12.7 Å². The zero-order valence-electron chi connectivity index (χ0n) is 14.5. The van der Waals surface area contributed by atoms with Crippen molar-refractivity contribution in [1.82, 2.24) is 0 Å². The van der Waals surface area contributed by atoms with E-state index in [1.54, 1.807) is 12.1 Å². The number of carbonyl (C=O) groups is 1. The number of carbonyl (C=O) groups excluding carboxylic acids is 1. The van der Waals surface area contributed by atoms with Gasteiger partial charge in [0.25, 0.3) is 5.91 Å². The first-order valence-corrected chi connectivity index (χ1v) is 8.39. The van der Waals surface area contributed by atoms with Crippen LogP contribution in [-0.4, -0.2) is 18.6 Å². The number of amides is 1. The zero-order chi connectivity index (χ0) is 17.4. The van der Waals surface area contributed by atoms with Gasteiger partial charge in [0.15, 0.2) is 0 Å². The Morgan fingerprint density at radius 2 is 1.83 bits per heavy atom. The van der Waals surface area contributed by atoms with E-state index in [-0.39, 0.29) is 12.0 Å². The summed E-state index contributed by atoms with van der Waals surface area (Å²) in [6, 6.07) is 14.6. The largest absolute Gasteiger partial charge is 0.494 e. The highest BCUT2D eigenvalue weighted by molar-refractivity contribution is 6.04. The van der Waals surface area contributed by atoms with Gasteiger partial charge in [-0.1, -0.05) is 25.5 Å². The third kappa shape index (κ3) is 5.61. The van der Waals surface area contributed by atoms with Crippen LogP contribution in [-0.2, 0) is 0 Å². The van der Waals surface area contributed by atoms with E-state index in [9.17, 15) is 4.79 Å². The van der Waals surface area contributed by atoms with Gasteiger partial charge in [-0.2, -0.15) is 0 Å². The number of unbranched alkanes of at least 4 members (excludes halogenated alkanes) is 1. The minimum absolute atomic E-state index is 0.0697. The van der Waals surface area contributed by atoms with Gasteiger partial charge in [0, 0.05) is 17.3 Å². The molecule has 0 atom stereocenters. The van der Waals surface area contributed by atoms with Crippen molar-refractivity contribution >= 4 is 11.6 Å². The molecule has 2 aromatic carbocycles. The van der Waals surface area contributed by atoms with Gasteiger partial charge < -0.3 is 14.8 Å². The first kappa shape index (κ1) is 17.9. The van der Waals surface area contributed by atoms with Crippen molar-refractivity contribution in [3.8, 4) is 11.5 Å². The van der Waals surface area contributed by atoms with Crippen LogP contribution in [0.5, 0.6) is 11.5 Å². The second-order valence-corrected chi connectivity index (χ2v) is 5.88. The van der Waals surface area contributed by atoms with Gasteiger partial charge in [0.1, 0.15) is 11.5 Å². The molecule has 24 heavy (non-hydrogen) atoms. The normalized spacial score (nSPS) is 10.5. The summed E-state index contributed by atoms with van der Waals surface area (Å²) in [7, 11) is 0. The molecule has 0 aliphatic heterocycles. The Kier molecular flexibility index (Phi) is 6.67. The highest BCUT2D eigenvalue weighted by Crippen LogP contribution is 2.20. The number of benzene rings is 2. The molecule has 0 bridgehead atoms. The number of ether oxygens (including phenoxy) is 2. The molecule has 2 rings (SSSR count). The van der Waals surface area contributed by atoms with Crippen LogP contribution >= 0.6 is 0 Å². The van der Waals surface area contributed by atoms with Crippen molar-refractivity contribution in [2.24, 2.45) is 0 Å². The number of anilines is 1. The molecule has 2 aromatic rings. The summed E-state index contributed by atoms with van der Waals surface area (Å²) in [6.45, 7) is 6.72. The lowest BCUT2D eigenvalue weighted by atomic mass is 10.2. The van der Waals surface area contributed by atoms with Gasteiger partial charge in [0.2, 0.25) is 0 Å². The molecular formula is C20H25NO3. The third-order valence-corrected chi connectivity index (χ3v) is 3.33. The van der Waals surface area contributed by atoms with Crippen molar-refractivity contribution < 1.29 is 14.3 Å². The fraction of sp³-hybridized carbons (Fsp3) is 0.350. The van der Waals surface area contributed by atoms with Crippen LogP contribution in [0.1, 0.15) is 44.0 Å². The maximum absolute atomic E-state index is 12.4.